The third-order valence-corrected chi connectivity index (χ3v) is 7.09. The minimum absolute atomic E-state index is 0.176. The van der Waals surface area contributed by atoms with E-state index < -0.39 is 0 Å². The van der Waals surface area contributed by atoms with Crippen LogP contribution in [0, 0.1) is 0 Å². The minimum atomic E-state index is -0.176. The molecule has 4 aromatic rings. The van der Waals surface area contributed by atoms with Crippen LogP contribution in [-0.2, 0) is 12.8 Å². The Morgan fingerprint density at radius 3 is 2.43 bits per heavy atom. The van der Waals surface area contributed by atoms with E-state index >= 15 is 0 Å². The molecule has 1 aliphatic heterocycles. The van der Waals surface area contributed by atoms with E-state index in [1.54, 1.807) is 12.4 Å². The highest BCUT2D eigenvalue weighted by molar-refractivity contribution is 5.94. The second-order valence-electron chi connectivity index (χ2n) is 9.50. The Bertz CT molecular complexity index is 1390. The molecule has 3 aromatic heterocycles. The van der Waals surface area contributed by atoms with Gasteiger partial charge < -0.3 is 25.4 Å². The summed E-state index contributed by atoms with van der Waals surface area (Å²) in [7, 11) is 0. The lowest BCUT2D eigenvalue weighted by molar-refractivity contribution is 0.138. The first-order chi connectivity index (χ1) is 18.1. The quantitative estimate of drug-likeness (QED) is 0.313. The minimum Gasteiger partial charge on any atom is -0.339 e. The van der Waals surface area contributed by atoms with E-state index in [0.717, 1.165) is 69.0 Å². The maximum absolute atomic E-state index is 12.7. The molecule has 0 spiro atoms. The number of benzene rings is 1. The van der Waals surface area contributed by atoms with Crippen LogP contribution >= 0.6 is 0 Å². The third kappa shape index (κ3) is 6.15. The number of H-pyrrole nitrogens is 1. The molecule has 1 fully saturated rings. The van der Waals surface area contributed by atoms with Gasteiger partial charge in [0.2, 0.25) is 0 Å². The van der Waals surface area contributed by atoms with Crippen molar-refractivity contribution in [1.29, 1.82) is 0 Å². The number of fused-ring (bicyclic) bond motifs is 1. The van der Waals surface area contributed by atoms with Gasteiger partial charge in [-0.3, -0.25) is 4.79 Å². The maximum Gasteiger partial charge on any atom is 0.259 e. The van der Waals surface area contributed by atoms with Gasteiger partial charge in [0.25, 0.3) is 5.56 Å². The molecule has 0 unspecified atom stereocenters. The van der Waals surface area contributed by atoms with Gasteiger partial charge in [0.15, 0.2) is 0 Å². The first-order valence-corrected chi connectivity index (χ1v) is 13.2. The number of hydrogen-bond acceptors (Lipinski definition) is 7. The van der Waals surface area contributed by atoms with Crippen LogP contribution in [0.15, 0.2) is 65.7 Å². The standard InChI is InChI=1S/C29H35N7O/c1-3-21-9-12-30-25(19-21)33-26-20-23-10-13-31-29(37)27(23)28(34-26)32-24-7-5-22(6-8-24)11-14-36-17-15-35(4-2)16-18-36/h5-10,12-13,19-20H,3-4,11,14-18H2,1-2H3,(H,31,37)(H2,30,32,33,34). The van der Waals surface area contributed by atoms with Crippen LogP contribution in [-0.4, -0.2) is 64.0 Å². The molecule has 4 heterocycles. The number of hydrogen-bond donors (Lipinski definition) is 3. The second-order valence-corrected chi connectivity index (χ2v) is 9.50. The molecule has 8 heteroatoms. The van der Waals surface area contributed by atoms with E-state index in [0.29, 0.717) is 17.0 Å². The van der Waals surface area contributed by atoms with Crippen LogP contribution in [0.2, 0.25) is 0 Å². The molecule has 1 aromatic carbocycles. The highest BCUT2D eigenvalue weighted by Crippen LogP contribution is 2.26. The summed E-state index contributed by atoms with van der Waals surface area (Å²) in [4.78, 5) is 29.7. The van der Waals surface area contributed by atoms with E-state index in [4.69, 9.17) is 4.98 Å². The van der Waals surface area contributed by atoms with Crippen molar-refractivity contribution in [2.24, 2.45) is 0 Å². The molecule has 0 saturated carbocycles. The van der Waals surface area contributed by atoms with Gasteiger partial charge in [-0.15, -0.1) is 0 Å². The summed E-state index contributed by atoms with van der Waals surface area (Å²) >= 11 is 0. The van der Waals surface area contributed by atoms with Crippen molar-refractivity contribution in [3.63, 3.8) is 0 Å². The molecule has 8 nitrogen and oxygen atoms in total. The maximum atomic E-state index is 12.7. The lowest BCUT2D eigenvalue weighted by Crippen LogP contribution is -2.46. The zero-order chi connectivity index (χ0) is 25.6. The number of aromatic amines is 1. The van der Waals surface area contributed by atoms with Gasteiger partial charge in [-0.2, -0.15) is 0 Å². The number of aromatic nitrogens is 3. The molecule has 0 radical (unpaired) electrons. The lowest BCUT2D eigenvalue weighted by Gasteiger charge is -2.34. The van der Waals surface area contributed by atoms with Crippen LogP contribution in [0.4, 0.5) is 23.1 Å². The topological polar surface area (TPSA) is 89.2 Å². The molecule has 0 atom stereocenters. The largest absolute Gasteiger partial charge is 0.339 e. The number of piperazine rings is 1. The van der Waals surface area contributed by atoms with Gasteiger partial charge in [0, 0.05) is 50.8 Å². The number of likely N-dealkylation sites (N-methyl/N-ethyl adjacent to an activating group) is 1. The third-order valence-electron chi connectivity index (χ3n) is 7.09. The summed E-state index contributed by atoms with van der Waals surface area (Å²) in [5.74, 6) is 1.86. The monoisotopic (exact) mass is 497 g/mol. The van der Waals surface area contributed by atoms with Crippen LogP contribution in [0.25, 0.3) is 10.8 Å². The van der Waals surface area contributed by atoms with Gasteiger partial charge >= 0.3 is 0 Å². The number of anilines is 4. The summed E-state index contributed by atoms with van der Waals surface area (Å²) < 4.78 is 0. The second kappa shape index (κ2) is 11.5. The molecule has 1 saturated heterocycles. The van der Waals surface area contributed by atoms with Crippen LogP contribution in [0.1, 0.15) is 25.0 Å². The van der Waals surface area contributed by atoms with Crippen LogP contribution < -0.4 is 16.2 Å². The SMILES string of the molecule is CCc1ccnc(Nc2cc3cc[nH]c(=O)c3c(Nc3ccc(CCN4CCN(CC)CC4)cc3)n2)c1. The van der Waals surface area contributed by atoms with Crippen molar-refractivity contribution < 1.29 is 0 Å². The average Bonchev–Trinajstić information content (AvgIpc) is 2.93. The van der Waals surface area contributed by atoms with Gasteiger partial charge in [-0.05, 0) is 72.3 Å². The molecule has 5 rings (SSSR count). The Morgan fingerprint density at radius 2 is 1.68 bits per heavy atom. The Kier molecular flexibility index (Phi) is 7.77. The summed E-state index contributed by atoms with van der Waals surface area (Å²) in [5.41, 5.74) is 3.21. The van der Waals surface area contributed by atoms with Crippen molar-refractivity contribution in [3.05, 3.63) is 82.4 Å². The molecule has 37 heavy (non-hydrogen) atoms. The molecule has 0 aliphatic carbocycles. The number of pyridine rings is 3. The summed E-state index contributed by atoms with van der Waals surface area (Å²) in [6.45, 7) is 11.2. The van der Waals surface area contributed by atoms with E-state index in [2.05, 4.69) is 68.5 Å². The van der Waals surface area contributed by atoms with Gasteiger partial charge in [-0.1, -0.05) is 26.0 Å². The highest BCUT2D eigenvalue weighted by atomic mass is 16.1. The lowest BCUT2D eigenvalue weighted by atomic mass is 10.1. The van der Waals surface area contributed by atoms with E-state index in [-0.39, 0.29) is 5.56 Å². The molecule has 0 amide bonds. The molecule has 0 bridgehead atoms. The number of aryl methyl sites for hydroxylation is 1. The van der Waals surface area contributed by atoms with Crippen LogP contribution in [0.5, 0.6) is 0 Å². The predicted octanol–water partition coefficient (Wildman–Crippen LogP) is 4.55. The van der Waals surface area contributed by atoms with Crippen molar-refractivity contribution in [2.45, 2.75) is 26.7 Å². The normalized spacial score (nSPS) is 14.6. The summed E-state index contributed by atoms with van der Waals surface area (Å²) in [6.07, 6.45) is 5.40. The fourth-order valence-corrected chi connectivity index (χ4v) is 4.77. The molecular weight excluding hydrogens is 462 g/mol. The Hall–Kier alpha value is -3.75. The molecule has 192 valence electrons. The van der Waals surface area contributed by atoms with Crippen molar-refractivity contribution in [1.82, 2.24) is 24.8 Å². The molecular formula is C29H35N7O. The first kappa shape index (κ1) is 24.9. The van der Waals surface area contributed by atoms with Crippen molar-refractivity contribution >= 4 is 33.9 Å². The van der Waals surface area contributed by atoms with Gasteiger partial charge in [0.1, 0.15) is 17.5 Å². The number of nitrogens with one attached hydrogen (secondary N) is 3. The van der Waals surface area contributed by atoms with Crippen molar-refractivity contribution in [3.8, 4) is 0 Å². The molecule has 1 aliphatic rings. The van der Waals surface area contributed by atoms with Gasteiger partial charge in [0.05, 0.1) is 5.39 Å². The Balaban J connectivity index is 1.32. The van der Waals surface area contributed by atoms with Crippen molar-refractivity contribution in [2.75, 3.05) is 49.9 Å². The smallest absolute Gasteiger partial charge is 0.259 e. The average molecular weight is 498 g/mol. The zero-order valence-electron chi connectivity index (χ0n) is 21.6. The number of nitrogens with zero attached hydrogens (tertiary/aromatic N) is 4. The summed E-state index contributed by atoms with van der Waals surface area (Å²) in [6, 6.07) is 16.2. The van der Waals surface area contributed by atoms with Gasteiger partial charge in [-0.25, -0.2) is 9.97 Å². The zero-order valence-corrected chi connectivity index (χ0v) is 21.6. The predicted molar refractivity (Wildman–Crippen MR) is 151 cm³/mol. The molecule has 3 N–H and O–H groups in total. The highest BCUT2D eigenvalue weighted by Gasteiger charge is 2.15. The fraction of sp³-hybridized carbons (Fsp3) is 0.345. The van der Waals surface area contributed by atoms with E-state index in [1.165, 1.54) is 11.1 Å². The summed E-state index contributed by atoms with van der Waals surface area (Å²) in [5, 5.41) is 8.00. The Morgan fingerprint density at radius 1 is 0.892 bits per heavy atom. The Labute approximate surface area is 217 Å². The van der Waals surface area contributed by atoms with E-state index in [9.17, 15) is 4.79 Å². The van der Waals surface area contributed by atoms with E-state index in [1.807, 2.05) is 24.3 Å². The van der Waals surface area contributed by atoms with Crippen LogP contribution in [0.3, 0.4) is 0 Å². The fourth-order valence-electron chi connectivity index (χ4n) is 4.77. The number of rotatable bonds is 9. The first-order valence-electron chi connectivity index (χ1n) is 13.2.